The van der Waals surface area contributed by atoms with Crippen molar-refractivity contribution in [1.82, 2.24) is 0 Å². The summed E-state index contributed by atoms with van der Waals surface area (Å²) in [5.41, 5.74) is 0. The smallest absolute Gasteiger partial charge is 0.0563 e. The van der Waals surface area contributed by atoms with Gasteiger partial charge in [-0.2, -0.15) is 0 Å². The quantitative estimate of drug-likeness (QED) is 0.603. The van der Waals surface area contributed by atoms with Crippen molar-refractivity contribution in [1.29, 1.82) is 0 Å². The average Bonchev–Trinajstić information content (AvgIpc) is 2.28. The minimum atomic E-state index is -1.12. The monoisotopic (exact) mass is 210 g/mol. The van der Waals surface area contributed by atoms with E-state index in [0.717, 1.165) is 0 Å². The molecule has 0 bridgehead atoms. The van der Waals surface area contributed by atoms with Crippen LogP contribution in [0.25, 0.3) is 0 Å². The molecule has 0 aromatic heterocycles. The highest BCUT2D eigenvalue weighted by atomic mass is 28.4. The first-order chi connectivity index (χ1) is 5.71. The SMILES string of the molecule is C[Si](C)(C)C1([Si](C)(C)C)C=CC=C1. The number of hydrogen-bond acceptors (Lipinski definition) is 0. The first-order valence-corrected chi connectivity index (χ1v) is 12.1. The molecule has 0 aromatic rings. The van der Waals surface area contributed by atoms with Crippen LogP contribution in [0.3, 0.4) is 0 Å². The van der Waals surface area contributed by atoms with Crippen LogP contribution in [0.1, 0.15) is 0 Å². The van der Waals surface area contributed by atoms with Crippen molar-refractivity contribution in [3.05, 3.63) is 24.3 Å². The minimum absolute atomic E-state index is 0.486. The molecule has 0 saturated heterocycles. The zero-order valence-electron chi connectivity index (χ0n) is 9.81. The van der Waals surface area contributed by atoms with Crippen molar-refractivity contribution in [3.8, 4) is 0 Å². The van der Waals surface area contributed by atoms with Crippen molar-refractivity contribution in [2.45, 2.75) is 43.9 Å². The van der Waals surface area contributed by atoms with Gasteiger partial charge in [0, 0.05) is 0 Å². The van der Waals surface area contributed by atoms with Gasteiger partial charge in [0.25, 0.3) is 0 Å². The van der Waals surface area contributed by atoms with E-state index in [9.17, 15) is 0 Å². The third kappa shape index (κ3) is 1.62. The molecule has 13 heavy (non-hydrogen) atoms. The standard InChI is InChI=1S/C11H22Si2/c1-12(2,3)11(13(4,5)6)9-7-8-10-11/h7-10H,1-6H3. The molecule has 1 aliphatic carbocycles. The molecule has 0 aliphatic heterocycles. The summed E-state index contributed by atoms with van der Waals surface area (Å²) in [5.74, 6) is 0. The molecule has 0 saturated carbocycles. The van der Waals surface area contributed by atoms with E-state index >= 15 is 0 Å². The molecule has 0 amide bonds. The van der Waals surface area contributed by atoms with E-state index in [4.69, 9.17) is 0 Å². The first-order valence-electron chi connectivity index (χ1n) is 5.08. The van der Waals surface area contributed by atoms with Gasteiger partial charge in [-0.3, -0.25) is 0 Å². The molecule has 0 nitrogen and oxygen atoms in total. The largest absolute Gasteiger partial charge is 0.0800 e. The van der Waals surface area contributed by atoms with Gasteiger partial charge in [0.1, 0.15) is 0 Å². The van der Waals surface area contributed by atoms with Gasteiger partial charge in [0.2, 0.25) is 0 Å². The summed E-state index contributed by atoms with van der Waals surface area (Å²) < 4.78 is 0.486. The molecule has 0 fully saturated rings. The molecule has 0 spiro atoms. The second-order valence-electron chi connectivity index (χ2n) is 6.09. The maximum absolute atomic E-state index is 2.49. The zero-order chi connectivity index (χ0) is 10.3. The van der Waals surface area contributed by atoms with Gasteiger partial charge in [0.05, 0.1) is 16.1 Å². The Balaban J connectivity index is 3.19. The van der Waals surface area contributed by atoms with E-state index in [1.54, 1.807) is 0 Å². The Hall–Kier alpha value is -0.0862. The predicted octanol–water partition coefficient (Wildman–Crippen LogP) is 4.07. The Morgan fingerprint density at radius 1 is 0.692 bits per heavy atom. The molecular weight excluding hydrogens is 188 g/mol. The van der Waals surface area contributed by atoms with Gasteiger partial charge in [-0.15, -0.1) is 0 Å². The number of hydrogen-bond donors (Lipinski definition) is 0. The van der Waals surface area contributed by atoms with Crippen LogP contribution in [0.4, 0.5) is 0 Å². The Morgan fingerprint density at radius 3 is 1.15 bits per heavy atom. The third-order valence-electron chi connectivity index (χ3n) is 3.31. The topological polar surface area (TPSA) is 0 Å². The molecule has 1 rings (SSSR count). The van der Waals surface area contributed by atoms with Gasteiger partial charge in [-0.1, -0.05) is 63.6 Å². The Morgan fingerprint density at radius 2 is 1.00 bits per heavy atom. The van der Waals surface area contributed by atoms with Crippen LogP contribution in [-0.2, 0) is 0 Å². The summed E-state index contributed by atoms with van der Waals surface area (Å²) in [4.78, 5) is 0. The zero-order valence-corrected chi connectivity index (χ0v) is 11.8. The highest BCUT2D eigenvalue weighted by molar-refractivity contribution is 7.00. The summed E-state index contributed by atoms with van der Waals surface area (Å²) in [7, 11) is -2.24. The van der Waals surface area contributed by atoms with Gasteiger partial charge >= 0.3 is 0 Å². The molecule has 0 aromatic carbocycles. The Labute approximate surface area is 84.8 Å². The van der Waals surface area contributed by atoms with Crippen molar-refractivity contribution in [2.75, 3.05) is 0 Å². The predicted molar refractivity (Wildman–Crippen MR) is 67.7 cm³/mol. The van der Waals surface area contributed by atoms with Gasteiger partial charge in [0.15, 0.2) is 0 Å². The summed E-state index contributed by atoms with van der Waals surface area (Å²) in [6.45, 7) is 14.9. The lowest BCUT2D eigenvalue weighted by atomic mass is 10.4. The summed E-state index contributed by atoms with van der Waals surface area (Å²) in [6.07, 6.45) is 9.45. The maximum atomic E-state index is 2.49. The molecule has 0 unspecified atom stereocenters. The fraction of sp³-hybridized carbons (Fsp3) is 0.636. The van der Waals surface area contributed by atoms with Crippen LogP contribution in [-0.4, -0.2) is 16.1 Å². The molecule has 1 aliphatic rings. The van der Waals surface area contributed by atoms with Crippen LogP contribution >= 0.6 is 0 Å². The molecule has 0 atom stereocenters. The van der Waals surface area contributed by atoms with E-state index in [0.29, 0.717) is 4.66 Å². The number of rotatable bonds is 2. The molecule has 0 radical (unpaired) electrons. The molecule has 2 heteroatoms. The highest BCUT2D eigenvalue weighted by Gasteiger charge is 2.49. The second kappa shape index (κ2) is 2.96. The minimum Gasteiger partial charge on any atom is -0.0800 e. The lowest BCUT2D eigenvalue weighted by molar-refractivity contribution is 1.10. The summed E-state index contributed by atoms with van der Waals surface area (Å²) in [5, 5.41) is 0. The second-order valence-corrected chi connectivity index (χ2v) is 17.2. The van der Waals surface area contributed by atoms with Gasteiger partial charge in [-0.25, -0.2) is 0 Å². The van der Waals surface area contributed by atoms with E-state index in [2.05, 4.69) is 63.6 Å². The van der Waals surface area contributed by atoms with Crippen molar-refractivity contribution < 1.29 is 0 Å². The van der Waals surface area contributed by atoms with E-state index in [-0.39, 0.29) is 0 Å². The van der Waals surface area contributed by atoms with Crippen LogP contribution < -0.4 is 0 Å². The first kappa shape index (κ1) is 11.0. The average molecular weight is 210 g/mol. The lowest BCUT2D eigenvalue weighted by Gasteiger charge is -2.47. The van der Waals surface area contributed by atoms with Crippen molar-refractivity contribution >= 4 is 16.1 Å². The highest BCUT2D eigenvalue weighted by Crippen LogP contribution is 2.51. The van der Waals surface area contributed by atoms with E-state index in [1.807, 2.05) is 0 Å². The van der Waals surface area contributed by atoms with Crippen LogP contribution in [0, 0.1) is 0 Å². The maximum Gasteiger partial charge on any atom is 0.0563 e. The molecule has 0 heterocycles. The molecular formula is C11H22Si2. The van der Waals surface area contributed by atoms with Crippen LogP contribution in [0.2, 0.25) is 43.9 Å². The van der Waals surface area contributed by atoms with Crippen molar-refractivity contribution in [3.63, 3.8) is 0 Å². The lowest BCUT2D eigenvalue weighted by Crippen LogP contribution is -2.51. The molecule has 74 valence electrons. The van der Waals surface area contributed by atoms with Gasteiger partial charge < -0.3 is 0 Å². The number of allylic oxidation sites excluding steroid dienone is 4. The summed E-state index contributed by atoms with van der Waals surface area (Å²) in [6, 6.07) is 0. The fourth-order valence-corrected chi connectivity index (χ4v) is 14.0. The Kier molecular flexibility index (Phi) is 2.50. The Bertz CT molecular complexity index is 220. The fourth-order valence-electron chi connectivity index (χ4n) is 2.60. The third-order valence-corrected chi connectivity index (χ3v) is 13.4. The van der Waals surface area contributed by atoms with Gasteiger partial charge in [-0.05, 0) is 4.66 Å². The summed E-state index contributed by atoms with van der Waals surface area (Å²) >= 11 is 0. The van der Waals surface area contributed by atoms with Crippen molar-refractivity contribution in [2.24, 2.45) is 0 Å². The van der Waals surface area contributed by atoms with Crippen LogP contribution in [0.15, 0.2) is 24.3 Å². The normalized spacial score (nSPS) is 21.1. The van der Waals surface area contributed by atoms with E-state index < -0.39 is 16.1 Å². The van der Waals surface area contributed by atoms with E-state index in [1.165, 1.54) is 0 Å². The molecule has 0 N–H and O–H groups in total. The van der Waals surface area contributed by atoms with Crippen LogP contribution in [0.5, 0.6) is 0 Å².